The van der Waals surface area contributed by atoms with Gasteiger partial charge in [0, 0.05) is 35.7 Å². The van der Waals surface area contributed by atoms with E-state index in [1.54, 1.807) is 0 Å². The van der Waals surface area contributed by atoms with Crippen LogP contribution in [0.3, 0.4) is 0 Å². The van der Waals surface area contributed by atoms with Crippen LogP contribution in [0.1, 0.15) is 85.1 Å². The van der Waals surface area contributed by atoms with Crippen LogP contribution in [0.5, 0.6) is 57.5 Å². The molecular weight excluding hydrogens is 1220 g/mol. The lowest BCUT2D eigenvalue weighted by Crippen LogP contribution is -2.41. The lowest BCUT2D eigenvalue weighted by molar-refractivity contribution is -0.152. The highest BCUT2D eigenvalue weighted by molar-refractivity contribution is 5.57. The first-order valence-electron chi connectivity index (χ1n) is 33.1. The van der Waals surface area contributed by atoms with Crippen molar-refractivity contribution in [2.45, 2.75) is 89.8 Å². The summed E-state index contributed by atoms with van der Waals surface area (Å²) in [6.07, 6.45) is -5.09. The summed E-state index contributed by atoms with van der Waals surface area (Å²) in [4.78, 5) is 0. The fourth-order valence-corrected chi connectivity index (χ4v) is 12.1. The van der Waals surface area contributed by atoms with Crippen LogP contribution in [0.15, 0.2) is 303 Å². The zero-order chi connectivity index (χ0) is 66.1. The summed E-state index contributed by atoms with van der Waals surface area (Å²) in [7, 11) is 0. The molecule has 2 aliphatic heterocycles. The van der Waals surface area contributed by atoms with Gasteiger partial charge in [-0.05, 0) is 86.0 Å². The Balaban J connectivity index is 0.903. The van der Waals surface area contributed by atoms with E-state index in [0.717, 1.165) is 55.6 Å². The van der Waals surface area contributed by atoms with Gasteiger partial charge in [0.15, 0.2) is 46.7 Å². The lowest BCUT2D eigenvalue weighted by Gasteiger charge is -2.42. The molecule has 1 unspecified atom stereocenters. The summed E-state index contributed by atoms with van der Waals surface area (Å²) in [5.74, 6) is 4.88. The van der Waals surface area contributed by atoms with Crippen molar-refractivity contribution in [2.75, 3.05) is 0 Å². The Morgan fingerprint density at radius 3 is 1.02 bits per heavy atom. The molecule has 1 N–H and O–H groups in total. The Kier molecular flexibility index (Phi) is 20.5. The maximum absolute atomic E-state index is 13.7. The molecule has 0 spiro atoms. The molecule has 12 heteroatoms. The monoisotopic (exact) mass is 1300 g/mol. The number of benzene rings is 12. The molecule has 98 heavy (non-hydrogen) atoms. The SMILES string of the molecule is O[C@@H]1C(O[C@@H]2Cc3c(OCc4ccccc4)cc(OCc4ccccc4)cc3O[C@@H]2c2ccc(OCc3ccccc3)c(OCc3ccccc3)c2)c2cc(OCc3ccccc3)cc(OCc3ccccc3)c2O[C@@H]1c1ccc(OCc2ccccc2)c(OCc2ccccc2)c1. The molecule has 0 radical (unpaired) electrons. The van der Waals surface area contributed by atoms with E-state index in [-0.39, 0.29) is 39.5 Å². The average Bonchev–Trinajstić information content (AvgIpc) is 0.752. The van der Waals surface area contributed by atoms with E-state index in [4.69, 9.17) is 52.1 Å². The Morgan fingerprint density at radius 1 is 0.296 bits per heavy atom. The van der Waals surface area contributed by atoms with Gasteiger partial charge < -0.3 is 57.2 Å². The van der Waals surface area contributed by atoms with Crippen LogP contribution in [0.25, 0.3) is 0 Å². The second-order valence-electron chi connectivity index (χ2n) is 24.2. The van der Waals surface area contributed by atoms with Crippen molar-refractivity contribution in [3.05, 3.63) is 370 Å². The van der Waals surface area contributed by atoms with E-state index in [1.165, 1.54) is 0 Å². The minimum absolute atomic E-state index is 0.195. The maximum Gasteiger partial charge on any atom is 0.168 e. The predicted molar refractivity (Wildman–Crippen MR) is 376 cm³/mol. The smallest absolute Gasteiger partial charge is 0.168 e. The van der Waals surface area contributed by atoms with Crippen molar-refractivity contribution in [3.63, 3.8) is 0 Å². The zero-order valence-electron chi connectivity index (χ0n) is 54.1. The Bertz CT molecular complexity index is 4490. The molecule has 0 aromatic heterocycles. The number of rotatable bonds is 28. The molecule has 490 valence electrons. The molecule has 0 aliphatic carbocycles. The van der Waals surface area contributed by atoms with Gasteiger partial charge in [-0.3, -0.25) is 0 Å². The van der Waals surface area contributed by atoms with E-state index < -0.39 is 30.5 Å². The van der Waals surface area contributed by atoms with Gasteiger partial charge in [-0.2, -0.15) is 0 Å². The minimum Gasteiger partial charge on any atom is -0.489 e. The van der Waals surface area contributed by atoms with Crippen LogP contribution in [-0.4, -0.2) is 17.3 Å². The molecule has 12 aromatic rings. The third-order valence-electron chi connectivity index (χ3n) is 17.2. The molecule has 0 saturated carbocycles. The van der Waals surface area contributed by atoms with Crippen molar-refractivity contribution in [3.8, 4) is 57.5 Å². The molecule has 14 rings (SSSR count). The predicted octanol–water partition coefficient (Wildman–Crippen LogP) is 18.6. The van der Waals surface area contributed by atoms with Gasteiger partial charge in [-0.15, -0.1) is 0 Å². The topological polar surface area (TPSA) is 122 Å². The van der Waals surface area contributed by atoms with Gasteiger partial charge in [-0.1, -0.05) is 255 Å². The number of aliphatic hydroxyl groups is 1. The first kappa shape index (κ1) is 63.9. The average molecular weight is 1300 g/mol. The van der Waals surface area contributed by atoms with Crippen LogP contribution >= 0.6 is 0 Å². The summed E-state index contributed by atoms with van der Waals surface area (Å²) >= 11 is 0. The zero-order valence-corrected chi connectivity index (χ0v) is 54.1. The van der Waals surface area contributed by atoms with Gasteiger partial charge in [0.1, 0.15) is 94.2 Å². The van der Waals surface area contributed by atoms with Crippen LogP contribution in [-0.2, 0) is 64.0 Å². The molecule has 12 nitrogen and oxygen atoms in total. The largest absolute Gasteiger partial charge is 0.489 e. The third kappa shape index (κ3) is 16.3. The van der Waals surface area contributed by atoms with E-state index in [9.17, 15) is 5.11 Å². The fraction of sp³-hybridized carbons (Fsp3) is 0.163. The number of hydrogen-bond acceptors (Lipinski definition) is 12. The van der Waals surface area contributed by atoms with E-state index in [2.05, 4.69) is 0 Å². The second kappa shape index (κ2) is 31.4. The van der Waals surface area contributed by atoms with Gasteiger partial charge in [-0.25, -0.2) is 0 Å². The standard InChI is InChI=1S/C86H74O12/c87-82-84(69-42-44-75(91-55-63-31-15-4-16-32-63)79(46-69)94-58-66-37-21-7-22-38-66)98-85-73(47-70(88-52-60-25-9-1-10-26-60)50-80(85)95-59-67-39-23-8-24-40-67)86(82)97-81-51-72-76(92-56-64-33-17-5-18-34-64)48-71(89-53-61-27-11-2-12-28-61)49-77(72)96-83(81)68-41-43-74(90-54-62-29-13-3-14-30-62)78(45-68)93-57-65-35-19-6-20-36-65/h1-50,81-84,86-87H,51-59H2/t81-,82+,83-,84-,86?/m1/s1. The number of aliphatic hydroxyl groups excluding tert-OH is 1. The summed E-state index contributed by atoms with van der Waals surface area (Å²) < 4.78 is 76.2. The van der Waals surface area contributed by atoms with Crippen molar-refractivity contribution < 1.29 is 57.2 Å². The number of ether oxygens (including phenoxy) is 11. The van der Waals surface area contributed by atoms with Crippen molar-refractivity contribution in [1.82, 2.24) is 0 Å². The Morgan fingerprint density at radius 2 is 0.622 bits per heavy atom. The number of fused-ring (bicyclic) bond motifs is 2. The van der Waals surface area contributed by atoms with E-state index in [1.807, 2.05) is 303 Å². The van der Waals surface area contributed by atoms with Crippen LogP contribution in [0, 0.1) is 0 Å². The van der Waals surface area contributed by atoms with Gasteiger partial charge in [0.2, 0.25) is 0 Å². The van der Waals surface area contributed by atoms with Crippen LogP contribution < -0.4 is 47.4 Å². The van der Waals surface area contributed by atoms with E-state index >= 15 is 0 Å². The normalized spacial score (nSPS) is 16.0. The Labute approximate surface area is 571 Å². The first-order chi connectivity index (χ1) is 48.4. The molecule has 5 atom stereocenters. The highest BCUT2D eigenvalue weighted by Crippen LogP contribution is 2.53. The highest BCUT2D eigenvalue weighted by Gasteiger charge is 2.46. The molecule has 0 fully saturated rings. The van der Waals surface area contributed by atoms with E-state index in [0.29, 0.717) is 88.4 Å². The van der Waals surface area contributed by atoms with Gasteiger partial charge >= 0.3 is 0 Å². The molecule has 0 amide bonds. The van der Waals surface area contributed by atoms with Crippen molar-refractivity contribution in [2.24, 2.45) is 0 Å². The van der Waals surface area contributed by atoms with Gasteiger partial charge in [0.25, 0.3) is 0 Å². The summed E-state index contributed by atoms with van der Waals surface area (Å²) in [6.45, 7) is 2.12. The molecule has 0 saturated heterocycles. The number of hydrogen-bond donors (Lipinski definition) is 1. The second-order valence-corrected chi connectivity index (χ2v) is 24.2. The molecular formula is C86H74O12. The Hall–Kier alpha value is -11.4. The fourth-order valence-electron chi connectivity index (χ4n) is 12.1. The summed E-state index contributed by atoms with van der Waals surface area (Å²) in [5, 5.41) is 13.7. The molecule has 2 heterocycles. The quantitative estimate of drug-likeness (QED) is 0.0502. The lowest BCUT2D eigenvalue weighted by atomic mass is 9.89. The van der Waals surface area contributed by atoms with Crippen LogP contribution in [0.4, 0.5) is 0 Å². The molecule has 0 bridgehead atoms. The summed E-state index contributed by atoms with van der Waals surface area (Å²) in [6, 6.07) is 99.1. The van der Waals surface area contributed by atoms with Crippen molar-refractivity contribution >= 4 is 0 Å². The highest BCUT2D eigenvalue weighted by atomic mass is 16.6. The molecule has 12 aromatic carbocycles. The third-order valence-corrected chi connectivity index (χ3v) is 17.2. The van der Waals surface area contributed by atoms with Crippen LogP contribution in [0.2, 0.25) is 0 Å². The van der Waals surface area contributed by atoms with Crippen molar-refractivity contribution in [1.29, 1.82) is 0 Å². The summed E-state index contributed by atoms with van der Waals surface area (Å²) in [5.41, 5.74) is 10.4. The maximum atomic E-state index is 13.7. The molecule has 2 aliphatic rings. The van der Waals surface area contributed by atoms with Gasteiger partial charge in [0.05, 0.1) is 0 Å². The first-order valence-corrected chi connectivity index (χ1v) is 33.1. The minimum atomic E-state index is -1.39.